The molecule has 1 rings (SSSR count). The van der Waals surface area contributed by atoms with Crippen LogP contribution in [-0.2, 0) is 0 Å². The largest absolute Gasteiger partial charge is 0.441 e. The summed E-state index contributed by atoms with van der Waals surface area (Å²) in [5.41, 5.74) is -4.03. The molecule has 0 N–H and O–H groups in total. The Kier molecular flexibility index (Phi) is 3.21. The lowest BCUT2D eigenvalue weighted by atomic mass is 10.1. The zero-order chi connectivity index (χ0) is 9.24. The molecule has 0 aromatic rings. The first-order chi connectivity index (χ1) is 5.47. The van der Waals surface area contributed by atoms with Crippen LogP contribution in [-0.4, -0.2) is 17.1 Å². The Morgan fingerprint density at radius 2 is 1.92 bits per heavy atom. The van der Waals surface area contributed by atoms with Gasteiger partial charge < -0.3 is 0 Å². The first-order valence-electron chi connectivity index (χ1n) is 3.74. The first kappa shape index (κ1) is 10.5. The van der Waals surface area contributed by atoms with Crippen LogP contribution in [0.1, 0.15) is 19.3 Å². The molecule has 0 spiro atoms. The van der Waals surface area contributed by atoms with Crippen LogP contribution >= 0.6 is 23.4 Å². The number of thioether (sulfide) groups is 1. The lowest BCUT2D eigenvalue weighted by Gasteiger charge is -2.11. The highest BCUT2D eigenvalue weighted by molar-refractivity contribution is 8.00. The molecule has 0 heterocycles. The Morgan fingerprint density at radius 3 is 2.25 bits per heavy atom. The zero-order valence-electron chi connectivity index (χ0n) is 6.46. The van der Waals surface area contributed by atoms with Crippen molar-refractivity contribution in [1.29, 1.82) is 0 Å². The van der Waals surface area contributed by atoms with Crippen molar-refractivity contribution in [3.8, 4) is 0 Å². The highest BCUT2D eigenvalue weighted by Crippen LogP contribution is 2.50. The molecule has 0 saturated heterocycles. The summed E-state index contributed by atoms with van der Waals surface area (Å²) in [4.78, 5) is 0. The van der Waals surface area contributed by atoms with Crippen molar-refractivity contribution in [3.05, 3.63) is 0 Å². The van der Waals surface area contributed by atoms with E-state index in [2.05, 4.69) is 0 Å². The van der Waals surface area contributed by atoms with Crippen LogP contribution in [0.5, 0.6) is 0 Å². The van der Waals surface area contributed by atoms with Crippen molar-refractivity contribution in [2.24, 2.45) is 5.41 Å². The van der Waals surface area contributed by atoms with Gasteiger partial charge in [0.25, 0.3) is 0 Å². The van der Waals surface area contributed by atoms with Crippen LogP contribution in [0.25, 0.3) is 0 Å². The molecular weight excluding hydrogens is 209 g/mol. The van der Waals surface area contributed by atoms with Crippen LogP contribution in [0.15, 0.2) is 0 Å². The normalized spacial score (nSPS) is 21.0. The molecule has 12 heavy (non-hydrogen) atoms. The summed E-state index contributed by atoms with van der Waals surface area (Å²) >= 11 is 5.67. The quantitative estimate of drug-likeness (QED) is 0.649. The molecule has 0 bridgehead atoms. The molecule has 1 aliphatic rings. The molecule has 0 unspecified atom stereocenters. The van der Waals surface area contributed by atoms with E-state index in [1.54, 1.807) is 0 Å². The van der Waals surface area contributed by atoms with Gasteiger partial charge in [0.2, 0.25) is 0 Å². The summed E-state index contributed by atoms with van der Waals surface area (Å²) in [6.45, 7) is 0. The van der Waals surface area contributed by atoms with E-state index in [1.807, 2.05) is 0 Å². The minimum Gasteiger partial charge on any atom is -0.160 e. The van der Waals surface area contributed by atoms with E-state index in [0.717, 1.165) is 12.8 Å². The van der Waals surface area contributed by atoms with Crippen molar-refractivity contribution >= 4 is 23.4 Å². The number of hydrogen-bond acceptors (Lipinski definition) is 1. The lowest BCUT2D eigenvalue weighted by molar-refractivity contribution is -0.0328. The second-order valence-electron chi connectivity index (χ2n) is 3.18. The predicted molar refractivity (Wildman–Crippen MR) is 45.5 cm³/mol. The zero-order valence-corrected chi connectivity index (χ0v) is 8.03. The maximum atomic E-state index is 11.7. The highest BCUT2D eigenvalue weighted by atomic mass is 35.5. The van der Waals surface area contributed by atoms with Crippen LogP contribution in [0.2, 0.25) is 0 Å². The van der Waals surface area contributed by atoms with Gasteiger partial charge in [0.1, 0.15) is 0 Å². The summed E-state index contributed by atoms with van der Waals surface area (Å²) in [5, 5.41) is 0. The van der Waals surface area contributed by atoms with Crippen LogP contribution < -0.4 is 0 Å². The number of alkyl halides is 4. The van der Waals surface area contributed by atoms with Gasteiger partial charge in [-0.1, -0.05) is 11.8 Å². The van der Waals surface area contributed by atoms with Crippen molar-refractivity contribution in [2.45, 2.75) is 24.8 Å². The molecule has 5 heteroatoms. The van der Waals surface area contributed by atoms with Gasteiger partial charge in [-0.05, 0) is 24.7 Å². The average molecular weight is 219 g/mol. The van der Waals surface area contributed by atoms with E-state index in [1.165, 1.54) is 0 Å². The molecule has 0 aliphatic heterocycles. The van der Waals surface area contributed by atoms with Gasteiger partial charge in [0, 0.05) is 11.6 Å². The van der Waals surface area contributed by atoms with E-state index < -0.39 is 5.51 Å². The smallest absolute Gasteiger partial charge is 0.160 e. The van der Waals surface area contributed by atoms with Gasteiger partial charge in [-0.3, -0.25) is 0 Å². The predicted octanol–water partition coefficient (Wildman–Crippen LogP) is 3.65. The number of hydrogen-bond donors (Lipinski definition) is 0. The molecule has 1 fully saturated rings. The maximum absolute atomic E-state index is 11.7. The van der Waals surface area contributed by atoms with E-state index in [0.29, 0.717) is 12.3 Å². The van der Waals surface area contributed by atoms with Crippen molar-refractivity contribution in [1.82, 2.24) is 0 Å². The number of halogens is 4. The molecular formula is C7H10ClF3S. The van der Waals surface area contributed by atoms with Crippen LogP contribution in [0.3, 0.4) is 0 Å². The molecule has 0 nitrogen and oxygen atoms in total. The third kappa shape index (κ3) is 3.44. The van der Waals surface area contributed by atoms with Gasteiger partial charge in [-0.15, -0.1) is 11.6 Å². The molecule has 72 valence electrons. The Bertz CT molecular complexity index is 153. The van der Waals surface area contributed by atoms with Crippen LogP contribution in [0, 0.1) is 5.41 Å². The van der Waals surface area contributed by atoms with Crippen molar-refractivity contribution < 1.29 is 13.2 Å². The average Bonchev–Trinajstić information content (AvgIpc) is 2.67. The minimum absolute atomic E-state index is 0.0554. The van der Waals surface area contributed by atoms with Gasteiger partial charge in [-0.2, -0.15) is 13.2 Å². The molecule has 0 aromatic carbocycles. The monoisotopic (exact) mass is 218 g/mol. The summed E-state index contributed by atoms with van der Waals surface area (Å²) in [6.07, 6.45) is 2.59. The fourth-order valence-corrected chi connectivity index (χ4v) is 2.18. The summed E-state index contributed by atoms with van der Waals surface area (Å²) in [6, 6.07) is 0. The van der Waals surface area contributed by atoms with Gasteiger partial charge >= 0.3 is 5.51 Å². The molecule has 0 amide bonds. The van der Waals surface area contributed by atoms with Crippen molar-refractivity contribution in [2.75, 3.05) is 11.6 Å². The molecule has 0 atom stereocenters. The third-order valence-electron chi connectivity index (χ3n) is 2.14. The fourth-order valence-electron chi connectivity index (χ4n) is 1.01. The van der Waals surface area contributed by atoms with E-state index >= 15 is 0 Å². The maximum Gasteiger partial charge on any atom is 0.441 e. The van der Waals surface area contributed by atoms with Crippen molar-refractivity contribution in [3.63, 3.8) is 0 Å². The van der Waals surface area contributed by atoms with Gasteiger partial charge in [0.05, 0.1) is 0 Å². The second kappa shape index (κ2) is 3.66. The first-order valence-corrected chi connectivity index (χ1v) is 5.26. The summed E-state index contributed by atoms with van der Waals surface area (Å²) in [7, 11) is 0. The van der Waals surface area contributed by atoms with Crippen LogP contribution in [0.4, 0.5) is 13.2 Å². The highest BCUT2D eigenvalue weighted by Gasteiger charge is 2.42. The lowest BCUT2D eigenvalue weighted by Crippen LogP contribution is -2.07. The van der Waals surface area contributed by atoms with E-state index in [9.17, 15) is 13.2 Å². The third-order valence-corrected chi connectivity index (χ3v) is 3.44. The Labute approximate surface area is 78.8 Å². The Morgan fingerprint density at radius 1 is 1.33 bits per heavy atom. The Balaban J connectivity index is 2.10. The standard InChI is InChI=1S/C7H10ClF3S/c8-5-6(1-2-6)3-4-12-7(9,10)11/h1-5H2. The van der Waals surface area contributed by atoms with E-state index in [4.69, 9.17) is 11.6 Å². The molecule has 1 aliphatic carbocycles. The SMILES string of the molecule is FC(F)(F)SCCC1(CCl)CC1. The summed E-state index contributed by atoms with van der Waals surface area (Å²) in [5.74, 6) is 0.654. The fraction of sp³-hybridized carbons (Fsp3) is 1.00. The molecule has 0 radical (unpaired) electrons. The number of rotatable bonds is 4. The summed E-state index contributed by atoms with van der Waals surface area (Å²) < 4.78 is 35.1. The topological polar surface area (TPSA) is 0 Å². The van der Waals surface area contributed by atoms with E-state index in [-0.39, 0.29) is 22.9 Å². The van der Waals surface area contributed by atoms with Gasteiger partial charge in [-0.25, -0.2) is 0 Å². The van der Waals surface area contributed by atoms with Gasteiger partial charge in [0.15, 0.2) is 0 Å². The molecule has 0 aromatic heterocycles. The second-order valence-corrected chi connectivity index (χ2v) is 4.60. The minimum atomic E-state index is -4.08. The Hall–Kier alpha value is 0.430. The molecule has 1 saturated carbocycles.